The Morgan fingerprint density at radius 1 is 1.05 bits per heavy atom. The van der Waals surface area contributed by atoms with E-state index in [9.17, 15) is 0 Å². The summed E-state index contributed by atoms with van der Waals surface area (Å²) in [5.41, 5.74) is 3.36. The maximum Gasteiger partial charge on any atom is 0.0733 e. The molecule has 0 heterocycles. The van der Waals surface area contributed by atoms with Crippen molar-refractivity contribution in [2.75, 3.05) is 11.4 Å². The van der Waals surface area contributed by atoms with Crippen molar-refractivity contribution in [2.24, 2.45) is 5.16 Å². The second kappa shape index (κ2) is 6.59. The van der Waals surface area contributed by atoms with E-state index in [-0.39, 0.29) is 0 Å². The Bertz CT molecular complexity index is 520. The summed E-state index contributed by atoms with van der Waals surface area (Å²) in [4.78, 5) is 2.30. The zero-order chi connectivity index (χ0) is 13.5. The van der Waals surface area contributed by atoms with Crippen LogP contribution >= 0.6 is 0 Å². The van der Waals surface area contributed by atoms with Gasteiger partial charge in [-0.1, -0.05) is 47.6 Å². The maximum atomic E-state index is 8.50. The number of hydrogen-bond acceptors (Lipinski definition) is 3. The van der Waals surface area contributed by atoms with Crippen LogP contribution in [0.3, 0.4) is 0 Å². The largest absolute Gasteiger partial charge is 0.411 e. The van der Waals surface area contributed by atoms with Gasteiger partial charge in [0.05, 0.1) is 6.21 Å². The van der Waals surface area contributed by atoms with Gasteiger partial charge in [0.2, 0.25) is 0 Å². The lowest BCUT2D eigenvalue weighted by Gasteiger charge is -2.23. The van der Waals surface area contributed by atoms with Crippen molar-refractivity contribution in [2.45, 2.75) is 13.5 Å². The fourth-order valence-corrected chi connectivity index (χ4v) is 2.03. The van der Waals surface area contributed by atoms with E-state index >= 15 is 0 Å². The fourth-order valence-electron chi connectivity index (χ4n) is 2.03. The Morgan fingerprint density at radius 2 is 1.74 bits per heavy atom. The highest BCUT2D eigenvalue weighted by Crippen LogP contribution is 2.17. The molecule has 3 heteroatoms. The van der Waals surface area contributed by atoms with Gasteiger partial charge >= 0.3 is 0 Å². The molecule has 98 valence electrons. The minimum absolute atomic E-state index is 0.891. The molecular formula is C16H18N2O. The van der Waals surface area contributed by atoms with Crippen LogP contribution in [-0.2, 0) is 6.54 Å². The molecule has 0 fully saturated rings. The Kier molecular flexibility index (Phi) is 4.56. The predicted molar refractivity (Wildman–Crippen MR) is 79.0 cm³/mol. The molecule has 0 amide bonds. The molecule has 1 N–H and O–H groups in total. The molecule has 2 aromatic carbocycles. The SMILES string of the molecule is CCN(Cc1ccccc1)c1ccc(C=NO)cc1. The molecule has 0 aliphatic rings. The fraction of sp³-hybridized carbons (Fsp3) is 0.188. The van der Waals surface area contributed by atoms with Crippen LogP contribution in [0, 0.1) is 0 Å². The number of nitrogens with zero attached hydrogens (tertiary/aromatic N) is 2. The molecule has 2 rings (SSSR count). The van der Waals surface area contributed by atoms with Crippen LogP contribution in [0.15, 0.2) is 59.8 Å². The zero-order valence-electron chi connectivity index (χ0n) is 11.0. The first kappa shape index (κ1) is 13.1. The van der Waals surface area contributed by atoms with E-state index in [2.05, 4.69) is 41.2 Å². The molecule has 0 radical (unpaired) electrons. The maximum absolute atomic E-state index is 8.50. The van der Waals surface area contributed by atoms with Crippen LogP contribution in [0.25, 0.3) is 0 Å². The average molecular weight is 254 g/mol. The molecule has 0 bridgehead atoms. The van der Waals surface area contributed by atoms with Gasteiger partial charge in [0.15, 0.2) is 0 Å². The molecule has 0 aliphatic carbocycles. The van der Waals surface area contributed by atoms with E-state index in [0.717, 1.165) is 18.7 Å². The lowest BCUT2D eigenvalue weighted by Crippen LogP contribution is -2.21. The molecular weight excluding hydrogens is 236 g/mol. The molecule has 0 spiro atoms. The van der Waals surface area contributed by atoms with E-state index in [0.29, 0.717) is 0 Å². The van der Waals surface area contributed by atoms with Gasteiger partial charge in [-0.15, -0.1) is 0 Å². The number of hydrogen-bond donors (Lipinski definition) is 1. The highest BCUT2D eigenvalue weighted by Gasteiger charge is 2.04. The monoisotopic (exact) mass is 254 g/mol. The number of rotatable bonds is 5. The molecule has 0 atom stereocenters. The van der Waals surface area contributed by atoms with Crippen molar-refractivity contribution in [1.82, 2.24) is 0 Å². The summed E-state index contributed by atoms with van der Waals surface area (Å²) in [5, 5.41) is 11.5. The first-order valence-corrected chi connectivity index (χ1v) is 6.40. The molecule has 0 aromatic heterocycles. The first-order chi connectivity index (χ1) is 9.33. The van der Waals surface area contributed by atoms with Gasteiger partial charge in [-0.25, -0.2) is 0 Å². The number of oxime groups is 1. The third-order valence-corrected chi connectivity index (χ3v) is 3.06. The quantitative estimate of drug-likeness (QED) is 0.503. The summed E-state index contributed by atoms with van der Waals surface area (Å²) in [6, 6.07) is 18.4. The molecule has 19 heavy (non-hydrogen) atoms. The van der Waals surface area contributed by atoms with E-state index in [4.69, 9.17) is 5.21 Å². The van der Waals surface area contributed by atoms with Gasteiger partial charge < -0.3 is 10.1 Å². The summed E-state index contributed by atoms with van der Waals surface area (Å²) >= 11 is 0. The molecule has 0 saturated carbocycles. The van der Waals surface area contributed by atoms with Crippen LogP contribution in [-0.4, -0.2) is 18.0 Å². The van der Waals surface area contributed by atoms with Crippen LogP contribution < -0.4 is 4.90 Å². The molecule has 2 aromatic rings. The average Bonchev–Trinajstić information content (AvgIpc) is 2.47. The Balaban J connectivity index is 2.13. The Hall–Kier alpha value is -2.29. The van der Waals surface area contributed by atoms with E-state index in [1.807, 2.05) is 30.3 Å². The smallest absolute Gasteiger partial charge is 0.0733 e. The van der Waals surface area contributed by atoms with Crippen LogP contribution in [0.1, 0.15) is 18.1 Å². The van der Waals surface area contributed by atoms with Crippen LogP contribution in [0.2, 0.25) is 0 Å². The minimum atomic E-state index is 0.891. The molecule has 0 unspecified atom stereocenters. The van der Waals surface area contributed by atoms with Gasteiger partial charge in [0.25, 0.3) is 0 Å². The van der Waals surface area contributed by atoms with E-state index in [1.165, 1.54) is 17.5 Å². The van der Waals surface area contributed by atoms with Gasteiger partial charge in [-0.2, -0.15) is 0 Å². The lowest BCUT2D eigenvalue weighted by atomic mass is 10.1. The van der Waals surface area contributed by atoms with E-state index < -0.39 is 0 Å². The van der Waals surface area contributed by atoms with Crippen molar-refractivity contribution in [3.05, 3.63) is 65.7 Å². The zero-order valence-corrected chi connectivity index (χ0v) is 11.0. The van der Waals surface area contributed by atoms with Crippen LogP contribution in [0.4, 0.5) is 5.69 Å². The molecule has 0 saturated heterocycles. The summed E-state index contributed by atoms with van der Waals surface area (Å²) < 4.78 is 0. The third-order valence-electron chi connectivity index (χ3n) is 3.06. The third kappa shape index (κ3) is 3.58. The Labute approximate surface area is 113 Å². The minimum Gasteiger partial charge on any atom is -0.411 e. The summed E-state index contributed by atoms with van der Waals surface area (Å²) in [5.74, 6) is 0. The van der Waals surface area contributed by atoms with Gasteiger partial charge in [0.1, 0.15) is 0 Å². The van der Waals surface area contributed by atoms with Crippen molar-refractivity contribution in [1.29, 1.82) is 0 Å². The van der Waals surface area contributed by atoms with Crippen molar-refractivity contribution in [3.8, 4) is 0 Å². The second-order valence-corrected chi connectivity index (χ2v) is 4.34. The second-order valence-electron chi connectivity index (χ2n) is 4.34. The van der Waals surface area contributed by atoms with Crippen LogP contribution in [0.5, 0.6) is 0 Å². The topological polar surface area (TPSA) is 35.8 Å². The van der Waals surface area contributed by atoms with Crippen molar-refractivity contribution < 1.29 is 5.21 Å². The summed E-state index contributed by atoms with van der Waals surface area (Å²) in [7, 11) is 0. The Morgan fingerprint density at radius 3 is 2.32 bits per heavy atom. The number of benzene rings is 2. The summed E-state index contributed by atoms with van der Waals surface area (Å²) in [6.07, 6.45) is 1.43. The molecule has 3 nitrogen and oxygen atoms in total. The highest BCUT2D eigenvalue weighted by atomic mass is 16.4. The van der Waals surface area contributed by atoms with E-state index in [1.54, 1.807) is 0 Å². The standard InChI is InChI=1S/C16H18N2O/c1-2-18(13-15-6-4-3-5-7-15)16-10-8-14(9-11-16)12-17-19/h3-12,19H,2,13H2,1H3. The predicted octanol–water partition coefficient (Wildman–Crippen LogP) is 3.52. The normalized spacial score (nSPS) is 10.8. The van der Waals surface area contributed by atoms with Crippen molar-refractivity contribution >= 4 is 11.9 Å². The van der Waals surface area contributed by atoms with Gasteiger partial charge in [-0.3, -0.25) is 0 Å². The molecule has 0 aliphatic heterocycles. The first-order valence-electron chi connectivity index (χ1n) is 6.40. The lowest BCUT2D eigenvalue weighted by molar-refractivity contribution is 0.322. The van der Waals surface area contributed by atoms with Gasteiger partial charge in [0, 0.05) is 18.8 Å². The van der Waals surface area contributed by atoms with Gasteiger partial charge in [-0.05, 0) is 30.2 Å². The summed E-state index contributed by atoms with van der Waals surface area (Å²) in [6.45, 7) is 3.99. The van der Waals surface area contributed by atoms with Crippen molar-refractivity contribution in [3.63, 3.8) is 0 Å². The highest BCUT2D eigenvalue weighted by molar-refractivity contribution is 5.79. The number of anilines is 1.